The van der Waals surface area contributed by atoms with Gasteiger partial charge in [-0.25, -0.2) is 8.42 Å². The lowest BCUT2D eigenvalue weighted by Crippen LogP contribution is -2.45. The summed E-state index contributed by atoms with van der Waals surface area (Å²) in [5.74, 6) is 0. The summed E-state index contributed by atoms with van der Waals surface area (Å²) >= 11 is 0. The van der Waals surface area contributed by atoms with Crippen molar-refractivity contribution in [2.45, 2.75) is 55.9 Å². The van der Waals surface area contributed by atoms with E-state index in [1.54, 1.807) is 4.31 Å². The molecule has 2 fully saturated rings. The van der Waals surface area contributed by atoms with Crippen LogP contribution in [0.15, 0.2) is 23.1 Å². The predicted octanol–water partition coefficient (Wildman–Crippen LogP) is 2.44. The third-order valence-electron chi connectivity index (χ3n) is 6.20. The molecule has 2 heterocycles. The van der Waals surface area contributed by atoms with Gasteiger partial charge in [0.1, 0.15) is 0 Å². The van der Waals surface area contributed by atoms with Gasteiger partial charge in [-0.15, -0.1) is 12.4 Å². The van der Waals surface area contributed by atoms with Crippen LogP contribution in [0.4, 0.5) is 0 Å². The minimum absolute atomic E-state index is 0. The number of fused-ring (bicyclic) bond motifs is 1. The van der Waals surface area contributed by atoms with Crippen LogP contribution >= 0.6 is 12.4 Å². The molecule has 0 amide bonds. The van der Waals surface area contributed by atoms with E-state index in [1.807, 2.05) is 18.2 Å². The van der Waals surface area contributed by atoms with Crippen LogP contribution in [0, 0.1) is 0 Å². The minimum atomic E-state index is -3.44. The van der Waals surface area contributed by atoms with Crippen molar-refractivity contribution in [1.82, 2.24) is 14.5 Å². The topological polar surface area (TPSA) is 52.7 Å². The largest absolute Gasteiger partial charge is 0.315 e. The first-order chi connectivity index (χ1) is 12.6. The maximum atomic E-state index is 13.5. The molecule has 1 aliphatic carbocycles. The van der Waals surface area contributed by atoms with Gasteiger partial charge >= 0.3 is 0 Å². The maximum Gasteiger partial charge on any atom is 0.243 e. The Hall–Kier alpha value is -0.660. The van der Waals surface area contributed by atoms with Crippen LogP contribution in [0.25, 0.3) is 0 Å². The third-order valence-corrected chi connectivity index (χ3v) is 8.15. The maximum absolute atomic E-state index is 13.5. The molecule has 1 N–H and O–H groups in total. The van der Waals surface area contributed by atoms with E-state index in [0.29, 0.717) is 11.4 Å². The van der Waals surface area contributed by atoms with Gasteiger partial charge in [0, 0.05) is 25.7 Å². The first-order valence-corrected chi connectivity index (χ1v) is 11.7. The van der Waals surface area contributed by atoms with Crippen molar-refractivity contribution in [1.29, 1.82) is 0 Å². The summed E-state index contributed by atoms with van der Waals surface area (Å²) in [6, 6.07) is 5.92. The van der Waals surface area contributed by atoms with Crippen LogP contribution in [0.3, 0.4) is 0 Å². The molecule has 5 nitrogen and oxygen atoms in total. The van der Waals surface area contributed by atoms with E-state index in [0.717, 1.165) is 52.0 Å². The molecule has 0 bridgehead atoms. The zero-order chi connectivity index (χ0) is 18.0. The summed E-state index contributed by atoms with van der Waals surface area (Å²) in [5.41, 5.74) is 2.57. The van der Waals surface area contributed by atoms with Crippen molar-refractivity contribution < 1.29 is 8.42 Å². The predicted molar refractivity (Wildman–Crippen MR) is 111 cm³/mol. The number of benzene rings is 1. The first-order valence-electron chi connectivity index (χ1n) is 10.2. The Morgan fingerprint density at radius 1 is 1.07 bits per heavy atom. The quantitative estimate of drug-likeness (QED) is 0.778. The first kappa shape index (κ1) is 21.1. The van der Waals surface area contributed by atoms with Crippen molar-refractivity contribution in [3.8, 4) is 0 Å². The minimum Gasteiger partial charge on any atom is -0.315 e. The SMILES string of the molecule is Cl.O=S(=O)(c1ccc2c(c1)CCCC2)N(CCN1CCCC1)C1CCNC1. The number of halogens is 1. The second kappa shape index (κ2) is 9.23. The number of nitrogens with one attached hydrogen (secondary N) is 1. The Morgan fingerprint density at radius 3 is 2.52 bits per heavy atom. The van der Waals surface area contributed by atoms with Crippen LogP contribution < -0.4 is 5.32 Å². The fourth-order valence-corrected chi connectivity index (χ4v) is 6.33. The third kappa shape index (κ3) is 4.67. The Bertz CT molecular complexity index is 729. The molecule has 1 aromatic rings. The smallest absolute Gasteiger partial charge is 0.243 e. The van der Waals surface area contributed by atoms with E-state index in [9.17, 15) is 8.42 Å². The molecular formula is C20H32ClN3O2S. The summed E-state index contributed by atoms with van der Waals surface area (Å²) in [6.07, 6.45) is 7.87. The molecule has 0 radical (unpaired) electrons. The highest BCUT2D eigenvalue weighted by Gasteiger charge is 2.34. The van der Waals surface area contributed by atoms with Crippen LogP contribution in [-0.4, -0.2) is 62.9 Å². The molecule has 4 rings (SSSR count). The Balaban J connectivity index is 0.00000210. The number of aryl methyl sites for hydroxylation is 2. The molecule has 2 saturated heterocycles. The second-order valence-electron chi connectivity index (χ2n) is 7.95. The molecule has 0 saturated carbocycles. The van der Waals surface area contributed by atoms with Gasteiger partial charge in [-0.05, 0) is 87.8 Å². The highest BCUT2D eigenvalue weighted by Crippen LogP contribution is 2.27. The summed E-state index contributed by atoms with van der Waals surface area (Å²) in [6.45, 7) is 5.34. The molecule has 0 aromatic heterocycles. The Labute approximate surface area is 170 Å². The average Bonchev–Trinajstić information content (AvgIpc) is 3.35. The molecular weight excluding hydrogens is 382 g/mol. The summed E-state index contributed by atoms with van der Waals surface area (Å²) in [4.78, 5) is 2.89. The van der Waals surface area contributed by atoms with Gasteiger partial charge in [-0.2, -0.15) is 4.31 Å². The standard InChI is InChI=1S/C20H31N3O2S.ClH/c24-26(25,20-8-7-17-5-1-2-6-18(17)15-20)23(19-9-10-21-16-19)14-13-22-11-3-4-12-22;/h7-8,15,19,21H,1-6,9-14,16H2;1H. The monoisotopic (exact) mass is 413 g/mol. The number of rotatable bonds is 6. The number of hydrogen-bond donors (Lipinski definition) is 1. The molecule has 3 aliphatic rings. The van der Waals surface area contributed by atoms with Gasteiger partial charge < -0.3 is 10.2 Å². The van der Waals surface area contributed by atoms with Gasteiger partial charge in [-0.3, -0.25) is 0 Å². The average molecular weight is 414 g/mol. The van der Waals surface area contributed by atoms with Crippen molar-refractivity contribution in [2.24, 2.45) is 0 Å². The van der Waals surface area contributed by atoms with Crippen LogP contribution in [-0.2, 0) is 22.9 Å². The summed E-state index contributed by atoms with van der Waals surface area (Å²) < 4.78 is 28.8. The second-order valence-corrected chi connectivity index (χ2v) is 9.84. The van der Waals surface area contributed by atoms with E-state index in [1.165, 1.54) is 36.8 Å². The lowest BCUT2D eigenvalue weighted by molar-refractivity contribution is 0.265. The van der Waals surface area contributed by atoms with E-state index in [-0.39, 0.29) is 18.4 Å². The van der Waals surface area contributed by atoms with E-state index in [2.05, 4.69) is 10.2 Å². The van der Waals surface area contributed by atoms with Gasteiger partial charge in [0.2, 0.25) is 10.0 Å². The highest BCUT2D eigenvalue weighted by atomic mass is 35.5. The zero-order valence-electron chi connectivity index (χ0n) is 16.0. The molecule has 27 heavy (non-hydrogen) atoms. The number of likely N-dealkylation sites (tertiary alicyclic amines) is 1. The molecule has 2 aliphatic heterocycles. The lowest BCUT2D eigenvalue weighted by atomic mass is 9.92. The fourth-order valence-electron chi connectivity index (χ4n) is 4.64. The molecule has 0 spiro atoms. The van der Waals surface area contributed by atoms with E-state index in [4.69, 9.17) is 0 Å². The van der Waals surface area contributed by atoms with Crippen LogP contribution in [0.1, 0.15) is 43.2 Å². The highest BCUT2D eigenvalue weighted by molar-refractivity contribution is 7.89. The Morgan fingerprint density at radius 2 is 1.81 bits per heavy atom. The number of hydrogen-bond acceptors (Lipinski definition) is 4. The van der Waals surface area contributed by atoms with Gasteiger partial charge in [0.05, 0.1) is 4.90 Å². The fraction of sp³-hybridized carbons (Fsp3) is 0.700. The van der Waals surface area contributed by atoms with E-state index < -0.39 is 10.0 Å². The van der Waals surface area contributed by atoms with Crippen molar-refractivity contribution in [3.05, 3.63) is 29.3 Å². The van der Waals surface area contributed by atoms with Crippen LogP contribution in [0.5, 0.6) is 0 Å². The van der Waals surface area contributed by atoms with E-state index >= 15 is 0 Å². The zero-order valence-corrected chi connectivity index (χ0v) is 17.7. The normalized spacial score (nSPS) is 23.4. The molecule has 7 heteroatoms. The van der Waals surface area contributed by atoms with Gasteiger partial charge in [-0.1, -0.05) is 6.07 Å². The summed E-state index contributed by atoms with van der Waals surface area (Å²) in [7, 11) is -3.44. The Kier molecular flexibility index (Phi) is 7.20. The van der Waals surface area contributed by atoms with Crippen molar-refractivity contribution >= 4 is 22.4 Å². The van der Waals surface area contributed by atoms with Crippen molar-refractivity contribution in [3.63, 3.8) is 0 Å². The van der Waals surface area contributed by atoms with Crippen LogP contribution in [0.2, 0.25) is 0 Å². The molecule has 1 aromatic carbocycles. The molecule has 1 atom stereocenters. The lowest BCUT2D eigenvalue weighted by Gasteiger charge is -2.30. The molecule has 1 unspecified atom stereocenters. The number of sulfonamides is 1. The molecule has 152 valence electrons. The van der Waals surface area contributed by atoms with Crippen molar-refractivity contribution in [2.75, 3.05) is 39.3 Å². The van der Waals surface area contributed by atoms with Gasteiger partial charge in [0.15, 0.2) is 0 Å². The number of nitrogens with zero attached hydrogens (tertiary/aromatic N) is 2. The summed E-state index contributed by atoms with van der Waals surface area (Å²) in [5, 5.41) is 3.33. The van der Waals surface area contributed by atoms with Gasteiger partial charge in [0.25, 0.3) is 0 Å².